The summed E-state index contributed by atoms with van der Waals surface area (Å²) in [6.07, 6.45) is 0.101. The van der Waals surface area contributed by atoms with Crippen molar-refractivity contribution in [2.45, 2.75) is 58.7 Å². The van der Waals surface area contributed by atoms with Crippen LogP contribution >= 0.6 is 0 Å². The van der Waals surface area contributed by atoms with E-state index in [0.29, 0.717) is 6.42 Å². The Labute approximate surface area is 179 Å². The van der Waals surface area contributed by atoms with Crippen LogP contribution in [0.2, 0.25) is 0 Å². The van der Waals surface area contributed by atoms with Crippen LogP contribution in [-0.2, 0) is 16.1 Å². The third kappa shape index (κ3) is 4.90. The average molecular weight is 409 g/mol. The Bertz CT molecular complexity index is 905. The van der Waals surface area contributed by atoms with Gasteiger partial charge in [-0.2, -0.15) is 0 Å². The van der Waals surface area contributed by atoms with Crippen molar-refractivity contribution in [1.29, 1.82) is 0 Å². The molecule has 0 radical (unpaired) electrons. The lowest BCUT2D eigenvalue weighted by atomic mass is 9.71. The molecule has 0 fully saturated rings. The summed E-state index contributed by atoms with van der Waals surface area (Å²) in [5.41, 5.74) is 5.42. The number of fused-ring (bicyclic) bond motifs is 1. The van der Waals surface area contributed by atoms with E-state index in [0.717, 1.165) is 28.8 Å². The number of alkyl carbamates (subject to hydrolysis) is 1. The van der Waals surface area contributed by atoms with Gasteiger partial charge >= 0.3 is 6.09 Å². The summed E-state index contributed by atoms with van der Waals surface area (Å²) < 4.78 is 5.31. The van der Waals surface area contributed by atoms with Crippen molar-refractivity contribution in [2.75, 3.05) is 7.05 Å². The number of amides is 1. The molecule has 2 N–H and O–H groups in total. The first-order valence-electron chi connectivity index (χ1n) is 10.7. The Morgan fingerprint density at radius 3 is 2.33 bits per heavy atom. The number of hydrogen-bond acceptors (Lipinski definition) is 4. The maximum absolute atomic E-state index is 12.4. The molecule has 0 aromatic heterocycles. The first-order chi connectivity index (χ1) is 14.3. The van der Waals surface area contributed by atoms with Crippen LogP contribution < -0.4 is 10.6 Å². The Balaban J connectivity index is 1.98. The predicted octanol–water partition coefficient (Wildman–Crippen LogP) is 4.96. The molecule has 0 aliphatic heterocycles. The zero-order valence-electron chi connectivity index (χ0n) is 18.5. The molecule has 3 rings (SSSR count). The van der Waals surface area contributed by atoms with Crippen molar-refractivity contribution >= 4 is 11.9 Å². The van der Waals surface area contributed by atoms with Crippen molar-refractivity contribution in [3.05, 3.63) is 59.2 Å². The van der Waals surface area contributed by atoms with Gasteiger partial charge in [-0.15, -0.1) is 0 Å². The Morgan fingerprint density at radius 1 is 1.07 bits per heavy atom. The molecule has 1 amide bonds. The number of hydrogen-bond donors (Lipinski definition) is 2. The van der Waals surface area contributed by atoms with E-state index in [1.54, 1.807) is 6.92 Å². The fraction of sp³-hybridized carbons (Fsp3) is 0.440. The number of ketones is 1. The van der Waals surface area contributed by atoms with Crippen LogP contribution in [0.5, 0.6) is 0 Å². The van der Waals surface area contributed by atoms with E-state index < -0.39 is 6.09 Å². The lowest BCUT2D eigenvalue weighted by molar-refractivity contribution is -0.119. The number of Topliss-reactive ketones (excluding diaryl/α,β-unsaturated/α-hetero) is 1. The molecule has 160 valence electrons. The van der Waals surface area contributed by atoms with Gasteiger partial charge in [-0.05, 0) is 74.0 Å². The topological polar surface area (TPSA) is 67.4 Å². The minimum Gasteiger partial charge on any atom is -0.447 e. The van der Waals surface area contributed by atoms with Crippen molar-refractivity contribution in [3.8, 4) is 11.1 Å². The summed E-state index contributed by atoms with van der Waals surface area (Å²) >= 11 is 0. The highest BCUT2D eigenvalue weighted by atomic mass is 16.6. The standard InChI is InChI=1S/C25H32N2O3/c1-15(2)30-25(29)27-23-12-16(3)24(17(4)28)21-11-10-20(13-22(21)23)19-8-6-18(7-9-19)14-26-5/h6-11,13,15-16,23-24,26H,12,14H2,1-5H3,(H,27,29)/t16-,23+,24?/m0/s1. The molecule has 1 unspecified atom stereocenters. The van der Waals surface area contributed by atoms with E-state index in [1.807, 2.05) is 20.9 Å². The Hall–Kier alpha value is -2.66. The third-order valence-corrected chi connectivity index (χ3v) is 5.71. The molecule has 0 heterocycles. The van der Waals surface area contributed by atoms with Gasteiger partial charge < -0.3 is 15.4 Å². The molecule has 5 heteroatoms. The number of ether oxygens (including phenoxy) is 1. The largest absolute Gasteiger partial charge is 0.447 e. The first kappa shape index (κ1) is 22.0. The van der Waals surface area contributed by atoms with E-state index in [9.17, 15) is 9.59 Å². The van der Waals surface area contributed by atoms with Crippen molar-refractivity contribution in [3.63, 3.8) is 0 Å². The first-order valence-corrected chi connectivity index (χ1v) is 10.7. The number of rotatable bonds is 6. The Morgan fingerprint density at radius 2 is 1.73 bits per heavy atom. The number of nitrogens with one attached hydrogen (secondary N) is 2. The fourth-order valence-electron chi connectivity index (χ4n) is 4.45. The highest BCUT2D eigenvalue weighted by Gasteiger charge is 2.36. The van der Waals surface area contributed by atoms with Crippen LogP contribution in [0, 0.1) is 5.92 Å². The highest BCUT2D eigenvalue weighted by Crippen LogP contribution is 2.43. The van der Waals surface area contributed by atoms with E-state index in [1.165, 1.54) is 5.56 Å². The normalized spacial score (nSPS) is 20.5. The second-order valence-electron chi connectivity index (χ2n) is 8.52. The van der Waals surface area contributed by atoms with E-state index in [-0.39, 0.29) is 29.8 Å². The predicted molar refractivity (Wildman–Crippen MR) is 119 cm³/mol. The van der Waals surface area contributed by atoms with Gasteiger partial charge in [0.05, 0.1) is 12.1 Å². The van der Waals surface area contributed by atoms with Crippen LogP contribution in [0.1, 0.15) is 62.8 Å². The second kappa shape index (κ2) is 9.43. The fourth-order valence-corrected chi connectivity index (χ4v) is 4.45. The van der Waals surface area contributed by atoms with Gasteiger partial charge in [0.25, 0.3) is 0 Å². The van der Waals surface area contributed by atoms with Gasteiger partial charge in [0.15, 0.2) is 0 Å². The summed E-state index contributed by atoms with van der Waals surface area (Å²) in [5.74, 6) is 0.161. The van der Waals surface area contributed by atoms with Crippen molar-refractivity contribution in [2.24, 2.45) is 5.92 Å². The smallest absolute Gasteiger partial charge is 0.407 e. The van der Waals surface area contributed by atoms with E-state index in [4.69, 9.17) is 4.74 Å². The van der Waals surface area contributed by atoms with Gasteiger partial charge in [-0.1, -0.05) is 43.3 Å². The summed E-state index contributed by atoms with van der Waals surface area (Å²) in [6.45, 7) is 8.22. The monoisotopic (exact) mass is 408 g/mol. The molecular formula is C25H32N2O3. The molecule has 2 aromatic rings. The summed E-state index contributed by atoms with van der Waals surface area (Å²) in [7, 11) is 1.93. The lowest BCUT2D eigenvalue weighted by Crippen LogP contribution is -2.37. The van der Waals surface area contributed by atoms with Gasteiger partial charge in [0.1, 0.15) is 5.78 Å². The van der Waals surface area contributed by atoms with Crippen LogP contribution in [0.4, 0.5) is 4.79 Å². The molecule has 30 heavy (non-hydrogen) atoms. The molecule has 0 saturated heterocycles. The Kier molecular flexibility index (Phi) is 6.93. The quantitative estimate of drug-likeness (QED) is 0.709. The third-order valence-electron chi connectivity index (χ3n) is 5.71. The molecule has 0 saturated carbocycles. The molecule has 1 aliphatic rings. The maximum Gasteiger partial charge on any atom is 0.407 e. The lowest BCUT2D eigenvalue weighted by Gasteiger charge is -2.36. The zero-order chi connectivity index (χ0) is 21.8. The van der Waals surface area contributed by atoms with Crippen LogP contribution in [-0.4, -0.2) is 25.0 Å². The van der Waals surface area contributed by atoms with Crippen LogP contribution in [0.25, 0.3) is 11.1 Å². The summed E-state index contributed by atoms with van der Waals surface area (Å²) in [5, 5.41) is 6.18. The molecule has 0 bridgehead atoms. The second-order valence-corrected chi connectivity index (χ2v) is 8.52. The van der Waals surface area contributed by atoms with Crippen molar-refractivity contribution < 1.29 is 14.3 Å². The van der Waals surface area contributed by atoms with Gasteiger partial charge in [-0.3, -0.25) is 4.79 Å². The zero-order valence-corrected chi connectivity index (χ0v) is 18.5. The minimum atomic E-state index is -0.420. The number of carbonyl (C=O) groups excluding carboxylic acids is 2. The van der Waals surface area contributed by atoms with E-state index >= 15 is 0 Å². The van der Waals surface area contributed by atoms with Crippen molar-refractivity contribution in [1.82, 2.24) is 10.6 Å². The van der Waals surface area contributed by atoms with Gasteiger partial charge in [0.2, 0.25) is 0 Å². The maximum atomic E-state index is 12.4. The van der Waals surface area contributed by atoms with Gasteiger partial charge in [-0.25, -0.2) is 4.79 Å². The van der Waals surface area contributed by atoms with Crippen LogP contribution in [0.3, 0.4) is 0 Å². The van der Waals surface area contributed by atoms with E-state index in [2.05, 4.69) is 60.0 Å². The molecule has 1 aliphatic carbocycles. The molecule has 5 nitrogen and oxygen atoms in total. The van der Waals surface area contributed by atoms with Crippen LogP contribution in [0.15, 0.2) is 42.5 Å². The minimum absolute atomic E-state index is 0.144. The molecule has 3 atom stereocenters. The average Bonchev–Trinajstić information content (AvgIpc) is 2.67. The van der Waals surface area contributed by atoms with Gasteiger partial charge in [0, 0.05) is 12.5 Å². The number of benzene rings is 2. The summed E-state index contributed by atoms with van der Waals surface area (Å²) in [4.78, 5) is 24.7. The highest BCUT2D eigenvalue weighted by molar-refractivity contribution is 5.85. The number of carbonyl (C=O) groups is 2. The molecule has 0 spiro atoms. The molecule has 2 aromatic carbocycles. The molecular weight excluding hydrogens is 376 g/mol. The SMILES string of the molecule is CNCc1ccc(-c2ccc3c(c2)[C@H](NC(=O)OC(C)C)C[C@H](C)C3C(C)=O)cc1. The summed E-state index contributed by atoms with van der Waals surface area (Å²) in [6, 6.07) is 14.5.